The normalized spacial score (nSPS) is 10.2. The van der Waals surface area contributed by atoms with Crippen LogP contribution in [0.15, 0.2) is 59.6 Å². The van der Waals surface area contributed by atoms with E-state index in [1.807, 2.05) is 24.3 Å². The first kappa shape index (κ1) is 11.9. The maximum absolute atomic E-state index is 5.77. The molecule has 0 bridgehead atoms. The molecule has 0 aromatic heterocycles. The van der Waals surface area contributed by atoms with Crippen LogP contribution in [-0.2, 0) is 6.42 Å². The van der Waals surface area contributed by atoms with Gasteiger partial charge in [-0.3, -0.25) is 0 Å². The number of anilines is 1. The largest absolute Gasteiger partial charge is 0.398 e. The van der Waals surface area contributed by atoms with Crippen LogP contribution in [0.4, 0.5) is 5.69 Å². The minimum Gasteiger partial charge on any atom is -0.398 e. The van der Waals surface area contributed by atoms with Gasteiger partial charge in [0.2, 0.25) is 0 Å². The quantitative estimate of drug-likeness (QED) is 0.656. The molecule has 2 rings (SSSR count). The Morgan fingerprint density at radius 3 is 2.29 bits per heavy atom. The Hall–Kier alpha value is -1.54. The molecule has 0 saturated carbocycles. The molecule has 2 aromatic carbocycles. The molecule has 0 radical (unpaired) electrons. The summed E-state index contributed by atoms with van der Waals surface area (Å²) in [5.41, 5.74) is 10.2. The summed E-state index contributed by atoms with van der Waals surface area (Å²) < 4.78 is 0.935. The fourth-order valence-corrected chi connectivity index (χ4v) is 2.09. The molecule has 17 heavy (non-hydrogen) atoms. The van der Waals surface area contributed by atoms with Gasteiger partial charge in [-0.1, -0.05) is 36.4 Å². The number of nitrogen functional groups attached to an aromatic ring is 1. The minimum absolute atomic E-state index is 0.761. The van der Waals surface area contributed by atoms with Crippen molar-refractivity contribution in [1.82, 2.24) is 0 Å². The molecule has 0 unspecified atom stereocenters. The Morgan fingerprint density at radius 2 is 1.71 bits per heavy atom. The Kier molecular flexibility index (Phi) is 3.64. The topological polar surface area (TPSA) is 26.0 Å². The lowest BCUT2D eigenvalue weighted by Crippen LogP contribution is -1.87. The van der Waals surface area contributed by atoms with E-state index in [0.717, 1.165) is 22.1 Å². The summed E-state index contributed by atoms with van der Waals surface area (Å²) in [5, 5.41) is 0. The van der Waals surface area contributed by atoms with Crippen molar-refractivity contribution in [3.05, 3.63) is 65.2 Å². The number of allylic oxidation sites excluding steroid dienone is 1. The van der Waals surface area contributed by atoms with Crippen molar-refractivity contribution in [2.45, 2.75) is 6.42 Å². The van der Waals surface area contributed by atoms with Gasteiger partial charge < -0.3 is 5.73 Å². The molecule has 2 N–H and O–H groups in total. The van der Waals surface area contributed by atoms with Crippen molar-refractivity contribution in [2.24, 2.45) is 0 Å². The first-order valence-electron chi connectivity index (χ1n) is 5.46. The van der Waals surface area contributed by atoms with Crippen LogP contribution in [0.5, 0.6) is 0 Å². The van der Waals surface area contributed by atoms with Crippen molar-refractivity contribution < 1.29 is 0 Å². The number of nitrogens with two attached hydrogens (primary N) is 1. The van der Waals surface area contributed by atoms with Gasteiger partial charge in [0.05, 0.1) is 0 Å². The molecule has 1 nitrogen and oxygen atoms in total. The fraction of sp³-hybridized carbons (Fsp3) is 0.0667. The third-order valence-corrected chi connectivity index (χ3v) is 3.35. The van der Waals surface area contributed by atoms with Gasteiger partial charge in [0, 0.05) is 10.2 Å². The molecule has 2 aromatic rings. The summed E-state index contributed by atoms with van der Waals surface area (Å²) >= 11 is 3.44. The van der Waals surface area contributed by atoms with Crippen LogP contribution >= 0.6 is 15.9 Å². The Labute approximate surface area is 110 Å². The molecule has 2 heteroatoms. The summed E-state index contributed by atoms with van der Waals surface area (Å²) in [7, 11) is 0. The van der Waals surface area contributed by atoms with Gasteiger partial charge in [0.1, 0.15) is 0 Å². The predicted octanol–water partition coefficient (Wildman–Crippen LogP) is 4.43. The number of rotatable bonds is 3. The molecule has 0 amide bonds. The lowest BCUT2D eigenvalue weighted by atomic mass is 10.0. The van der Waals surface area contributed by atoms with Crippen LogP contribution in [0, 0.1) is 0 Å². The zero-order valence-corrected chi connectivity index (χ0v) is 11.1. The minimum atomic E-state index is 0.761. The number of halogens is 1. The van der Waals surface area contributed by atoms with Gasteiger partial charge in [0.15, 0.2) is 0 Å². The summed E-state index contributed by atoms with van der Waals surface area (Å²) in [5.74, 6) is 0. The van der Waals surface area contributed by atoms with Gasteiger partial charge in [-0.2, -0.15) is 0 Å². The highest BCUT2D eigenvalue weighted by molar-refractivity contribution is 9.10. The van der Waals surface area contributed by atoms with Gasteiger partial charge in [-0.25, -0.2) is 0 Å². The Morgan fingerprint density at radius 1 is 1.06 bits per heavy atom. The van der Waals surface area contributed by atoms with Crippen LogP contribution in [0.25, 0.3) is 11.1 Å². The highest BCUT2D eigenvalue weighted by Crippen LogP contribution is 2.27. The van der Waals surface area contributed by atoms with Crippen LogP contribution in [0.2, 0.25) is 0 Å². The summed E-state index contributed by atoms with van der Waals surface area (Å²) in [4.78, 5) is 0. The standard InChI is InChI=1S/C15H14BrN/c1-2-3-11-4-6-12(7-5-11)13-8-9-15(17)14(16)10-13/h2,4-10H,1,3,17H2. The Balaban J connectivity index is 2.32. The second-order valence-electron chi connectivity index (χ2n) is 3.93. The first-order chi connectivity index (χ1) is 8.20. The van der Waals surface area contributed by atoms with E-state index in [1.54, 1.807) is 0 Å². The monoisotopic (exact) mass is 287 g/mol. The second-order valence-corrected chi connectivity index (χ2v) is 4.78. The van der Waals surface area contributed by atoms with E-state index in [-0.39, 0.29) is 0 Å². The van der Waals surface area contributed by atoms with Crippen molar-refractivity contribution in [1.29, 1.82) is 0 Å². The molecular formula is C15H14BrN. The van der Waals surface area contributed by atoms with Crippen LogP contribution < -0.4 is 5.73 Å². The molecule has 0 aliphatic carbocycles. The average molecular weight is 288 g/mol. The highest BCUT2D eigenvalue weighted by atomic mass is 79.9. The van der Waals surface area contributed by atoms with E-state index in [2.05, 4.69) is 46.8 Å². The zero-order valence-electron chi connectivity index (χ0n) is 9.49. The second kappa shape index (κ2) is 5.19. The van der Waals surface area contributed by atoms with Gasteiger partial charge in [-0.05, 0) is 51.2 Å². The molecule has 0 spiro atoms. The van der Waals surface area contributed by atoms with E-state index in [0.29, 0.717) is 0 Å². The average Bonchev–Trinajstić information content (AvgIpc) is 2.34. The number of benzene rings is 2. The van der Waals surface area contributed by atoms with E-state index < -0.39 is 0 Å². The van der Waals surface area contributed by atoms with Crippen molar-refractivity contribution in [3.8, 4) is 11.1 Å². The van der Waals surface area contributed by atoms with E-state index in [1.165, 1.54) is 11.1 Å². The molecule has 0 fully saturated rings. The van der Waals surface area contributed by atoms with E-state index in [9.17, 15) is 0 Å². The van der Waals surface area contributed by atoms with Crippen LogP contribution in [0.3, 0.4) is 0 Å². The molecule has 0 aliphatic heterocycles. The van der Waals surface area contributed by atoms with Crippen molar-refractivity contribution in [3.63, 3.8) is 0 Å². The highest BCUT2D eigenvalue weighted by Gasteiger charge is 2.01. The maximum atomic E-state index is 5.77. The molecule has 86 valence electrons. The molecular weight excluding hydrogens is 274 g/mol. The van der Waals surface area contributed by atoms with Gasteiger partial charge in [0.25, 0.3) is 0 Å². The lowest BCUT2D eigenvalue weighted by Gasteiger charge is -2.05. The Bertz CT molecular complexity index is 529. The van der Waals surface area contributed by atoms with Crippen molar-refractivity contribution >= 4 is 21.6 Å². The van der Waals surface area contributed by atoms with E-state index in [4.69, 9.17) is 5.73 Å². The van der Waals surface area contributed by atoms with E-state index >= 15 is 0 Å². The zero-order chi connectivity index (χ0) is 12.3. The fourth-order valence-electron chi connectivity index (χ4n) is 1.71. The summed E-state index contributed by atoms with van der Waals surface area (Å²) in [6, 6.07) is 14.5. The first-order valence-corrected chi connectivity index (χ1v) is 6.25. The summed E-state index contributed by atoms with van der Waals surface area (Å²) in [6.45, 7) is 3.74. The van der Waals surface area contributed by atoms with Crippen molar-refractivity contribution in [2.75, 3.05) is 5.73 Å². The van der Waals surface area contributed by atoms with Gasteiger partial charge in [-0.15, -0.1) is 6.58 Å². The maximum Gasteiger partial charge on any atom is 0.0458 e. The van der Waals surface area contributed by atoms with Crippen LogP contribution in [0.1, 0.15) is 5.56 Å². The molecule has 0 heterocycles. The molecule has 0 saturated heterocycles. The predicted molar refractivity (Wildman–Crippen MR) is 77.9 cm³/mol. The van der Waals surface area contributed by atoms with Gasteiger partial charge >= 0.3 is 0 Å². The third kappa shape index (κ3) is 2.77. The number of hydrogen-bond donors (Lipinski definition) is 1. The molecule has 0 atom stereocenters. The lowest BCUT2D eigenvalue weighted by molar-refractivity contribution is 1.28. The third-order valence-electron chi connectivity index (χ3n) is 2.67. The van der Waals surface area contributed by atoms with Crippen LogP contribution in [-0.4, -0.2) is 0 Å². The number of hydrogen-bond acceptors (Lipinski definition) is 1. The SMILES string of the molecule is C=CCc1ccc(-c2ccc(N)c(Br)c2)cc1. The molecule has 0 aliphatic rings. The summed E-state index contributed by atoms with van der Waals surface area (Å²) in [6.07, 6.45) is 2.82. The smallest absolute Gasteiger partial charge is 0.0458 e.